The van der Waals surface area contributed by atoms with E-state index in [0.717, 1.165) is 10.5 Å². The van der Waals surface area contributed by atoms with E-state index in [2.05, 4.69) is 5.32 Å². The third kappa shape index (κ3) is 3.77. The summed E-state index contributed by atoms with van der Waals surface area (Å²) in [7, 11) is 3.35. The van der Waals surface area contributed by atoms with Crippen LogP contribution in [0.1, 0.15) is 16.7 Å². The third-order valence-electron chi connectivity index (χ3n) is 4.68. The molecule has 1 heterocycles. The van der Waals surface area contributed by atoms with Gasteiger partial charge in [0.05, 0.1) is 10.6 Å². The quantitative estimate of drug-likeness (QED) is 0.360. The molecule has 2 aromatic rings. The summed E-state index contributed by atoms with van der Waals surface area (Å²) in [5.41, 5.74) is 2.23. The summed E-state index contributed by atoms with van der Waals surface area (Å²) in [5, 5.41) is 13.6. The Labute approximate surface area is 172 Å². The van der Waals surface area contributed by atoms with Crippen molar-refractivity contribution in [3.8, 4) is 0 Å². The zero-order chi connectivity index (χ0) is 22.2. The minimum atomic E-state index is -0.856. The molecule has 0 aromatic heterocycles. The number of nitro groups is 1. The smallest absolute Gasteiger partial charge is 0.335 e. The Bertz CT molecular complexity index is 1120. The van der Waals surface area contributed by atoms with Crippen LogP contribution in [-0.4, -0.2) is 36.9 Å². The Morgan fingerprint density at radius 2 is 1.77 bits per heavy atom. The van der Waals surface area contributed by atoms with Crippen molar-refractivity contribution in [2.75, 3.05) is 23.9 Å². The van der Waals surface area contributed by atoms with Gasteiger partial charge >= 0.3 is 6.03 Å². The van der Waals surface area contributed by atoms with Gasteiger partial charge in [-0.25, -0.2) is 9.69 Å². The number of anilines is 2. The molecule has 2 aromatic carbocycles. The number of hydrogen-bond donors (Lipinski definition) is 1. The molecule has 0 radical (unpaired) electrons. The van der Waals surface area contributed by atoms with E-state index in [9.17, 15) is 24.5 Å². The largest absolute Gasteiger partial charge is 0.372 e. The first-order valence-corrected chi connectivity index (χ1v) is 9.04. The average molecular weight is 408 g/mol. The summed E-state index contributed by atoms with van der Waals surface area (Å²) in [5.74, 6) is -1.65. The van der Waals surface area contributed by atoms with Crippen LogP contribution in [0.2, 0.25) is 0 Å². The second-order valence-electron chi connectivity index (χ2n) is 7.15. The number of urea groups is 1. The summed E-state index contributed by atoms with van der Waals surface area (Å²) in [4.78, 5) is 51.1. The number of hydrogen-bond acceptors (Lipinski definition) is 6. The minimum Gasteiger partial charge on any atom is -0.372 e. The number of aryl methyl sites for hydroxylation is 2. The number of nitro benzene ring substituents is 1. The molecule has 30 heavy (non-hydrogen) atoms. The monoisotopic (exact) mass is 408 g/mol. The summed E-state index contributed by atoms with van der Waals surface area (Å²) < 4.78 is 0. The molecule has 0 unspecified atom stereocenters. The Morgan fingerprint density at radius 3 is 2.37 bits per heavy atom. The first-order valence-electron chi connectivity index (χ1n) is 9.04. The lowest BCUT2D eigenvalue weighted by Gasteiger charge is -2.27. The highest BCUT2D eigenvalue weighted by atomic mass is 16.6. The standard InChI is InChI=1S/C21H20N4O5/c1-12-5-7-16(13(2)9-12)24-20(27)15(19(26)22-21(24)28)10-14-6-8-17(23(3)4)18(11-14)25(29)30/h5-11H,1-4H3,(H,22,26,28)/b15-10-. The molecule has 1 aliphatic rings. The molecule has 4 amide bonds. The van der Waals surface area contributed by atoms with Crippen LogP contribution >= 0.6 is 0 Å². The van der Waals surface area contributed by atoms with Gasteiger partial charge in [0, 0.05) is 20.2 Å². The van der Waals surface area contributed by atoms with E-state index >= 15 is 0 Å². The van der Waals surface area contributed by atoms with Crippen molar-refractivity contribution < 1.29 is 19.3 Å². The van der Waals surface area contributed by atoms with Crippen molar-refractivity contribution in [1.82, 2.24) is 5.32 Å². The Hall–Kier alpha value is -4.01. The number of barbiturate groups is 1. The zero-order valence-electron chi connectivity index (χ0n) is 16.9. The lowest BCUT2D eigenvalue weighted by atomic mass is 10.0. The normalized spacial score (nSPS) is 15.4. The second kappa shape index (κ2) is 7.78. The molecular weight excluding hydrogens is 388 g/mol. The van der Waals surface area contributed by atoms with Gasteiger partial charge in [-0.15, -0.1) is 0 Å². The van der Waals surface area contributed by atoms with Crippen molar-refractivity contribution in [3.63, 3.8) is 0 Å². The number of amides is 4. The fourth-order valence-corrected chi connectivity index (χ4v) is 3.25. The van der Waals surface area contributed by atoms with E-state index in [1.165, 1.54) is 18.2 Å². The van der Waals surface area contributed by atoms with Crippen LogP contribution in [-0.2, 0) is 9.59 Å². The van der Waals surface area contributed by atoms with Crippen LogP contribution in [0.3, 0.4) is 0 Å². The Morgan fingerprint density at radius 1 is 1.07 bits per heavy atom. The predicted octanol–water partition coefficient (Wildman–Crippen LogP) is 2.94. The number of nitrogens with zero attached hydrogens (tertiary/aromatic N) is 3. The Balaban J connectivity index is 2.07. The summed E-state index contributed by atoms with van der Waals surface area (Å²) in [6, 6.07) is 8.73. The molecule has 0 bridgehead atoms. The zero-order valence-corrected chi connectivity index (χ0v) is 16.9. The second-order valence-corrected chi connectivity index (χ2v) is 7.15. The molecule has 0 saturated carbocycles. The van der Waals surface area contributed by atoms with E-state index in [-0.39, 0.29) is 11.3 Å². The van der Waals surface area contributed by atoms with Gasteiger partial charge in [0.25, 0.3) is 17.5 Å². The Kier molecular flexibility index (Phi) is 5.37. The molecule has 9 nitrogen and oxygen atoms in total. The van der Waals surface area contributed by atoms with Crippen LogP contribution in [0, 0.1) is 24.0 Å². The van der Waals surface area contributed by atoms with Crippen LogP contribution < -0.4 is 15.1 Å². The molecule has 3 rings (SSSR count). The van der Waals surface area contributed by atoms with Crippen molar-refractivity contribution in [1.29, 1.82) is 0 Å². The van der Waals surface area contributed by atoms with Gasteiger partial charge in [0.1, 0.15) is 11.3 Å². The molecule has 154 valence electrons. The molecule has 9 heteroatoms. The lowest BCUT2D eigenvalue weighted by Crippen LogP contribution is -2.54. The maximum absolute atomic E-state index is 13.0. The van der Waals surface area contributed by atoms with Crippen LogP contribution in [0.4, 0.5) is 21.9 Å². The average Bonchev–Trinajstić information content (AvgIpc) is 2.66. The highest BCUT2D eigenvalue weighted by molar-refractivity contribution is 6.39. The molecule has 0 spiro atoms. The minimum absolute atomic E-state index is 0.166. The van der Waals surface area contributed by atoms with E-state index in [0.29, 0.717) is 22.5 Å². The highest BCUT2D eigenvalue weighted by Gasteiger charge is 2.37. The van der Waals surface area contributed by atoms with Gasteiger partial charge in [-0.2, -0.15) is 0 Å². The van der Waals surface area contributed by atoms with Gasteiger partial charge < -0.3 is 4.90 Å². The number of carbonyl (C=O) groups excluding carboxylic acids is 3. The number of rotatable bonds is 4. The predicted molar refractivity (Wildman–Crippen MR) is 112 cm³/mol. The third-order valence-corrected chi connectivity index (χ3v) is 4.68. The van der Waals surface area contributed by atoms with Crippen LogP contribution in [0.25, 0.3) is 6.08 Å². The lowest BCUT2D eigenvalue weighted by molar-refractivity contribution is -0.384. The van der Waals surface area contributed by atoms with Gasteiger partial charge in [0.15, 0.2) is 0 Å². The van der Waals surface area contributed by atoms with Crippen molar-refractivity contribution >= 4 is 41.0 Å². The summed E-state index contributed by atoms with van der Waals surface area (Å²) in [6.45, 7) is 3.64. The van der Waals surface area contributed by atoms with E-state index in [1.54, 1.807) is 44.1 Å². The molecule has 0 aliphatic carbocycles. The van der Waals surface area contributed by atoms with Gasteiger partial charge in [0.2, 0.25) is 0 Å². The van der Waals surface area contributed by atoms with Gasteiger partial charge in [-0.05, 0) is 43.2 Å². The summed E-state index contributed by atoms with van der Waals surface area (Å²) in [6.07, 6.45) is 1.24. The number of benzene rings is 2. The number of nitrogens with one attached hydrogen (secondary N) is 1. The molecule has 1 fully saturated rings. The van der Waals surface area contributed by atoms with Crippen LogP contribution in [0.15, 0.2) is 42.0 Å². The molecule has 0 atom stereocenters. The maximum Gasteiger partial charge on any atom is 0.335 e. The maximum atomic E-state index is 13.0. The number of carbonyl (C=O) groups is 3. The highest BCUT2D eigenvalue weighted by Crippen LogP contribution is 2.30. The first-order chi connectivity index (χ1) is 14.1. The van der Waals surface area contributed by atoms with E-state index < -0.39 is 22.8 Å². The van der Waals surface area contributed by atoms with Crippen molar-refractivity contribution in [3.05, 3.63) is 68.8 Å². The van der Waals surface area contributed by atoms with Gasteiger partial charge in [-0.1, -0.05) is 23.8 Å². The molecule has 1 aliphatic heterocycles. The van der Waals surface area contributed by atoms with E-state index in [4.69, 9.17) is 0 Å². The van der Waals surface area contributed by atoms with Crippen LogP contribution in [0.5, 0.6) is 0 Å². The first kappa shape index (κ1) is 20.7. The SMILES string of the molecule is Cc1ccc(N2C(=O)NC(=O)/C(=C/c3ccc(N(C)C)c([N+](=O)[O-])c3)C2=O)c(C)c1. The number of imide groups is 2. The van der Waals surface area contributed by atoms with E-state index in [1.807, 2.05) is 13.0 Å². The van der Waals surface area contributed by atoms with Crippen molar-refractivity contribution in [2.45, 2.75) is 13.8 Å². The summed E-state index contributed by atoms with van der Waals surface area (Å²) >= 11 is 0. The van der Waals surface area contributed by atoms with Gasteiger partial charge in [-0.3, -0.25) is 25.0 Å². The fraction of sp³-hybridized carbons (Fsp3) is 0.190. The fourth-order valence-electron chi connectivity index (χ4n) is 3.25. The van der Waals surface area contributed by atoms with Crippen molar-refractivity contribution in [2.24, 2.45) is 0 Å². The molecular formula is C21H20N4O5. The topological polar surface area (TPSA) is 113 Å². The molecule has 1 saturated heterocycles. The molecule has 1 N–H and O–H groups in total.